The summed E-state index contributed by atoms with van der Waals surface area (Å²) in [6, 6.07) is 0. The highest BCUT2D eigenvalue weighted by atomic mass is 35.5. The summed E-state index contributed by atoms with van der Waals surface area (Å²) in [7, 11) is 0. The number of aliphatic hydroxyl groups excluding tert-OH is 1. The third-order valence-corrected chi connectivity index (χ3v) is 2.11. The molecule has 0 atom stereocenters. The highest BCUT2D eigenvalue weighted by molar-refractivity contribution is 5.85. The van der Waals surface area contributed by atoms with Crippen LogP contribution in [0.5, 0.6) is 0 Å². The van der Waals surface area contributed by atoms with Gasteiger partial charge in [-0.15, -0.1) is 24.8 Å². The van der Waals surface area contributed by atoms with Crippen LogP contribution < -0.4 is 5.32 Å². The van der Waals surface area contributed by atoms with Crippen molar-refractivity contribution in [1.29, 1.82) is 0 Å². The van der Waals surface area contributed by atoms with Crippen LogP contribution in [0.25, 0.3) is 0 Å². The monoisotopic (exact) mass is 239 g/mol. The summed E-state index contributed by atoms with van der Waals surface area (Å²) >= 11 is 0. The summed E-state index contributed by atoms with van der Waals surface area (Å²) in [6.07, 6.45) is 3.02. The van der Waals surface area contributed by atoms with Gasteiger partial charge in [0.15, 0.2) is 0 Å². The fourth-order valence-electron chi connectivity index (χ4n) is 1.51. The van der Waals surface area contributed by atoms with E-state index in [-0.39, 0.29) is 31.4 Å². The summed E-state index contributed by atoms with van der Waals surface area (Å²) in [5, 5.41) is 16.3. The zero-order chi connectivity index (χ0) is 8.39. The fourth-order valence-corrected chi connectivity index (χ4v) is 1.51. The van der Waals surface area contributed by atoms with Crippen LogP contribution in [-0.4, -0.2) is 28.0 Å². The van der Waals surface area contributed by atoms with Gasteiger partial charge in [0.2, 0.25) is 0 Å². The van der Waals surface area contributed by atoms with Crippen LogP contribution in [0.15, 0.2) is 6.20 Å². The molecule has 0 fully saturated rings. The Bertz CT molecular complexity index is 254. The Morgan fingerprint density at radius 2 is 2.29 bits per heavy atom. The minimum atomic E-state index is 0. The van der Waals surface area contributed by atoms with Crippen molar-refractivity contribution in [3.8, 4) is 0 Å². The molecule has 2 heterocycles. The number of rotatable bonds is 2. The lowest BCUT2D eigenvalue weighted by Crippen LogP contribution is -2.22. The lowest BCUT2D eigenvalue weighted by Gasteiger charge is -2.09. The van der Waals surface area contributed by atoms with E-state index in [1.807, 2.05) is 10.9 Å². The summed E-state index contributed by atoms with van der Waals surface area (Å²) < 4.78 is 1.82. The van der Waals surface area contributed by atoms with E-state index in [2.05, 4.69) is 10.4 Å². The second kappa shape index (κ2) is 6.24. The van der Waals surface area contributed by atoms with Crippen molar-refractivity contribution >= 4 is 24.8 Å². The number of hydrogen-bond acceptors (Lipinski definition) is 3. The van der Waals surface area contributed by atoms with Crippen LogP contribution in [0.1, 0.15) is 11.3 Å². The van der Waals surface area contributed by atoms with Crippen molar-refractivity contribution in [1.82, 2.24) is 15.1 Å². The summed E-state index contributed by atoms with van der Waals surface area (Å²) in [4.78, 5) is 0. The van der Waals surface area contributed by atoms with Gasteiger partial charge in [-0.25, -0.2) is 0 Å². The lowest BCUT2D eigenvalue weighted by molar-refractivity contribution is 0.269. The van der Waals surface area contributed by atoms with Crippen molar-refractivity contribution in [3.05, 3.63) is 17.5 Å². The Hall–Kier alpha value is -0.290. The molecule has 2 N–H and O–H groups in total. The molecular formula is C8H15Cl2N3O. The third-order valence-electron chi connectivity index (χ3n) is 2.11. The first kappa shape index (κ1) is 13.7. The van der Waals surface area contributed by atoms with Gasteiger partial charge in [-0.2, -0.15) is 5.10 Å². The molecule has 1 aliphatic rings. The van der Waals surface area contributed by atoms with E-state index in [1.54, 1.807) is 0 Å². The van der Waals surface area contributed by atoms with Crippen LogP contribution in [0.4, 0.5) is 0 Å². The minimum Gasteiger partial charge on any atom is -0.394 e. The van der Waals surface area contributed by atoms with Crippen molar-refractivity contribution in [3.63, 3.8) is 0 Å². The Morgan fingerprint density at radius 1 is 1.50 bits per heavy atom. The second-order valence-corrected chi connectivity index (χ2v) is 3.01. The molecule has 0 amide bonds. The first-order valence-corrected chi connectivity index (χ1v) is 4.27. The average molecular weight is 240 g/mol. The number of hydrogen-bond donors (Lipinski definition) is 2. The quantitative estimate of drug-likeness (QED) is 0.785. The summed E-state index contributed by atoms with van der Waals surface area (Å²) in [5.74, 6) is 0. The molecule has 6 heteroatoms. The molecule has 14 heavy (non-hydrogen) atoms. The van der Waals surface area contributed by atoms with Crippen LogP contribution in [-0.2, 0) is 19.5 Å². The number of halogens is 2. The molecule has 0 radical (unpaired) electrons. The normalized spacial score (nSPS) is 13.8. The molecule has 1 aliphatic heterocycles. The summed E-state index contributed by atoms with van der Waals surface area (Å²) in [5.41, 5.74) is 2.46. The number of nitrogens with one attached hydrogen (secondary N) is 1. The van der Waals surface area contributed by atoms with E-state index in [1.165, 1.54) is 11.3 Å². The average Bonchev–Trinajstić information content (AvgIpc) is 2.47. The van der Waals surface area contributed by atoms with E-state index in [0.717, 1.165) is 19.5 Å². The molecule has 0 aliphatic carbocycles. The van der Waals surface area contributed by atoms with Gasteiger partial charge in [0, 0.05) is 31.3 Å². The molecule has 0 unspecified atom stereocenters. The van der Waals surface area contributed by atoms with Gasteiger partial charge in [-0.05, 0) is 0 Å². The Morgan fingerprint density at radius 3 is 2.93 bits per heavy atom. The van der Waals surface area contributed by atoms with Crippen molar-refractivity contribution in [2.24, 2.45) is 0 Å². The van der Waals surface area contributed by atoms with Crippen molar-refractivity contribution < 1.29 is 5.11 Å². The molecule has 0 bridgehead atoms. The van der Waals surface area contributed by atoms with Gasteiger partial charge < -0.3 is 10.4 Å². The maximum Gasteiger partial charge on any atom is 0.0682 e. The maximum absolute atomic E-state index is 8.70. The predicted octanol–water partition coefficient (Wildman–Crippen LogP) is 0.365. The Labute approximate surface area is 95.5 Å². The highest BCUT2D eigenvalue weighted by Crippen LogP contribution is 2.10. The van der Waals surface area contributed by atoms with Gasteiger partial charge in [0.1, 0.15) is 0 Å². The topological polar surface area (TPSA) is 50.1 Å². The van der Waals surface area contributed by atoms with Gasteiger partial charge in [0.25, 0.3) is 0 Å². The second-order valence-electron chi connectivity index (χ2n) is 3.01. The first-order valence-electron chi connectivity index (χ1n) is 4.27. The van der Waals surface area contributed by atoms with Gasteiger partial charge in [0.05, 0.1) is 18.8 Å². The van der Waals surface area contributed by atoms with E-state index >= 15 is 0 Å². The number of aliphatic hydroxyl groups is 1. The zero-order valence-electron chi connectivity index (χ0n) is 7.77. The highest BCUT2D eigenvalue weighted by Gasteiger charge is 2.11. The van der Waals surface area contributed by atoms with Crippen LogP contribution in [0, 0.1) is 0 Å². The predicted molar refractivity (Wildman–Crippen MR) is 59.2 cm³/mol. The van der Waals surface area contributed by atoms with Crippen LogP contribution >= 0.6 is 24.8 Å². The molecule has 1 aromatic heterocycles. The molecule has 0 aromatic carbocycles. The largest absolute Gasteiger partial charge is 0.394 e. The van der Waals surface area contributed by atoms with E-state index in [4.69, 9.17) is 5.11 Å². The van der Waals surface area contributed by atoms with Gasteiger partial charge in [-0.3, -0.25) is 4.68 Å². The maximum atomic E-state index is 8.70. The molecule has 0 saturated heterocycles. The van der Waals surface area contributed by atoms with Gasteiger partial charge in [-0.1, -0.05) is 0 Å². The molecular weight excluding hydrogens is 225 g/mol. The van der Waals surface area contributed by atoms with Gasteiger partial charge >= 0.3 is 0 Å². The van der Waals surface area contributed by atoms with E-state index < -0.39 is 0 Å². The van der Waals surface area contributed by atoms with Crippen molar-refractivity contribution in [2.45, 2.75) is 19.5 Å². The lowest BCUT2D eigenvalue weighted by atomic mass is 10.1. The molecule has 0 spiro atoms. The number of nitrogens with zero attached hydrogens (tertiary/aromatic N) is 2. The zero-order valence-corrected chi connectivity index (χ0v) is 9.40. The molecule has 1 aromatic rings. The smallest absolute Gasteiger partial charge is 0.0682 e. The SMILES string of the molecule is Cl.Cl.OCCn1cc2c(n1)CCNC2. The van der Waals surface area contributed by atoms with E-state index in [0.29, 0.717) is 6.54 Å². The standard InChI is InChI=1S/C8H13N3O.2ClH/c12-4-3-11-6-7-5-9-2-1-8(7)10-11;;/h6,9,12H,1-5H2;2*1H. The molecule has 2 rings (SSSR count). The molecule has 0 saturated carbocycles. The fraction of sp³-hybridized carbons (Fsp3) is 0.625. The Kier molecular flexibility index (Phi) is 6.11. The number of fused-ring (bicyclic) bond motifs is 1. The first-order chi connectivity index (χ1) is 5.90. The molecule has 4 nitrogen and oxygen atoms in total. The summed E-state index contributed by atoms with van der Waals surface area (Å²) in [6.45, 7) is 2.70. The van der Waals surface area contributed by atoms with Crippen LogP contribution in [0.3, 0.4) is 0 Å². The number of aromatic nitrogens is 2. The third kappa shape index (κ3) is 2.85. The minimum absolute atomic E-state index is 0. The molecule has 82 valence electrons. The Balaban J connectivity index is 0.000000845. The van der Waals surface area contributed by atoms with Crippen molar-refractivity contribution in [2.75, 3.05) is 13.2 Å². The van der Waals surface area contributed by atoms with Crippen LogP contribution in [0.2, 0.25) is 0 Å². The van der Waals surface area contributed by atoms with E-state index in [9.17, 15) is 0 Å².